The lowest BCUT2D eigenvalue weighted by molar-refractivity contribution is -0.119. The maximum atomic E-state index is 11.0. The van der Waals surface area contributed by atoms with Crippen molar-refractivity contribution in [2.24, 2.45) is 10.7 Å². The molecule has 0 radical (unpaired) electrons. The number of nitrogens with one attached hydrogen (secondary N) is 2. The van der Waals surface area contributed by atoms with Crippen LogP contribution in [0.3, 0.4) is 0 Å². The van der Waals surface area contributed by atoms with E-state index in [1.165, 1.54) is 0 Å². The summed E-state index contributed by atoms with van der Waals surface area (Å²) in [5, 5.41) is 9.99. The molecule has 1 aliphatic heterocycles. The van der Waals surface area contributed by atoms with Crippen LogP contribution in [0.2, 0.25) is 0 Å². The highest BCUT2D eigenvalue weighted by Crippen LogP contribution is 2.23. The first-order chi connectivity index (χ1) is 11.8. The van der Waals surface area contributed by atoms with E-state index in [0.29, 0.717) is 19.1 Å². The second-order valence-corrected chi connectivity index (χ2v) is 8.41. The fourth-order valence-electron chi connectivity index (χ4n) is 2.74. The summed E-state index contributed by atoms with van der Waals surface area (Å²) >= 11 is 1.67. The number of aliphatic imine (C=N–C) groups is 1. The van der Waals surface area contributed by atoms with Crippen molar-refractivity contribution in [2.75, 3.05) is 26.7 Å². The summed E-state index contributed by atoms with van der Waals surface area (Å²) in [5.41, 5.74) is 6.45. The van der Waals surface area contributed by atoms with Gasteiger partial charge in [0.2, 0.25) is 5.91 Å². The minimum Gasteiger partial charge on any atom is -0.369 e. The number of aromatic nitrogens is 1. The molecule has 4 N–H and O–H groups in total. The first-order valence-corrected chi connectivity index (χ1v) is 9.58. The Kier molecular flexibility index (Phi) is 6.78. The first-order valence-electron chi connectivity index (χ1n) is 8.70. The lowest BCUT2D eigenvalue weighted by Crippen LogP contribution is -2.49. The maximum Gasteiger partial charge on any atom is 0.231 e. The van der Waals surface area contributed by atoms with Gasteiger partial charge in [-0.2, -0.15) is 0 Å². The van der Waals surface area contributed by atoms with Gasteiger partial charge < -0.3 is 16.4 Å². The number of amides is 1. The van der Waals surface area contributed by atoms with Gasteiger partial charge in [-0.3, -0.25) is 14.7 Å². The molecule has 7 nitrogen and oxygen atoms in total. The number of rotatable bonds is 5. The summed E-state index contributed by atoms with van der Waals surface area (Å²) in [4.78, 5) is 22.1. The molecular weight excluding hydrogens is 336 g/mol. The predicted octanol–water partition coefficient (Wildman–Crippen LogP) is 1.06. The molecule has 2 rings (SSSR count). The Morgan fingerprint density at radius 1 is 1.44 bits per heavy atom. The zero-order chi connectivity index (χ0) is 18.4. The smallest absolute Gasteiger partial charge is 0.231 e. The average molecular weight is 367 g/mol. The number of piperidine rings is 1. The number of thiazole rings is 1. The normalized spacial score (nSPS) is 17.5. The summed E-state index contributed by atoms with van der Waals surface area (Å²) in [6.07, 6.45) is 1.94. The minimum atomic E-state index is -0.262. The van der Waals surface area contributed by atoms with E-state index in [1.807, 2.05) is 0 Å². The van der Waals surface area contributed by atoms with Crippen molar-refractivity contribution >= 4 is 23.2 Å². The third-order valence-corrected chi connectivity index (χ3v) is 5.11. The van der Waals surface area contributed by atoms with Gasteiger partial charge in [0.05, 0.1) is 18.8 Å². The van der Waals surface area contributed by atoms with Gasteiger partial charge in [0.15, 0.2) is 5.96 Å². The van der Waals surface area contributed by atoms with Gasteiger partial charge in [-0.05, 0) is 12.8 Å². The Balaban J connectivity index is 1.78. The fraction of sp³-hybridized carbons (Fsp3) is 0.706. The number of guanidine groups is 1. The summed E-state index contributed by atoms with van der Waals surface area (Å²) in [6.45, 7) is 9.28. The zero-order valence-electron chi connectivity index (χ0n) is 15.6. The van der Waals surface area contributed by atoms with Crippen LogP contribution >= 0.6 is 11.3 Å². The van der Waals surface area contributed by atoms with Crippen LogP contribution in [0.4, 0.5) is 0 Å². The van der Waals surface area contributed by atoms with Gasteiger partial charge >= 0.3 is 0 Å². The quantitative estimate of drug-likeness (QED) is 0.535. The second-order valence-electron chi connectivity index (χ2n) is 7.46. The van der Waals surface area contributed by atoms with Gasteiger partial charge in [-0.1, -0.05) is 20.8 Å². The zero-order valence-corrected chi connectivity index (χ0v) is 16.4. The van der Waals surface area contributed by atoms with E-state index in [2.05, 4.69) is 46.7 Å². The number of carbonyl (C=O) groups is 1. The van der Waals surface area contributed by atoms with Crippen LogP contribution in [-0.4, -0.2) is 54.5 Å². The Morgan fingerprint density at radius 3 is 2.64 bits per heavy atom. The molecule has 2 heterocycles. The van der Waals surface area contributed by atoms with Crippen molar-refractivity contribution in [3.05, 3.63) is 16.1 Å². The van der Waals surface area contributed by atoms with Gasteiger partial charge in [0, 0.05) is 37.0 Å². The summed E-state index contributed by atoms with van der Waals surface area (Å²) in [5.74, 6) is 0.530. The number of hydrogen-bond donors (Lipinski definition) is 3. The van der Waals surface area contributed by atoms with Crippen LogP contribution in [0.15, 0.2) is 10.4 Å². The number of carbonyl (C=O) groups excluding carboxylic acids is 1. The monoisotopic (exact) mass is 366 g/mol. The minimum absolute atomic E-state index is 0.0769. The SMILES string of the molecule is CN=C(NCc1nc(C(C)(C)C)cs1)NC1CCN(CC(N)=O)CC1. The molecule has 0 atom stereocenters. The molecule has 1 aliphatic rings. The van der Waals surface area contributed by atoms with E-state index in [9.17, 15) is 4.79 Å². The van der Waals surface area contributed by atoms with Crippen molar-refractivity contribution in [3.63, 3.8) is 0 Å². The maximum absolute atomic E-state index is 11.0. The number of nitrogens with zero attached hydrogens (tertiary/aromatic N) is 3. The largest absolute Gasteiger partial charge is 0.369 e. The molecule has 1 amide bonds. The molecule has 0 aromatic carbocycles. The standard InChI is InChI=1S/C17H30N6OS/c1-17(2,3)13-11-25-15(22-13)9-20-16(19-4)21-12-5-7-23(8-6-12)10-14(18)24/h11-12H,5-10H2,1-4H3,(H2,18,24)(H2,19,20,21). The average Bonchev–Trinajstić information content (AvgIpc) is 3.02. The third-order valence-electron chi connectivity index (χ3n) is 4.26. The molecule has 1 saturated heterocycles. The summed E-state index contributed by atoms with van der Waals surface area (Å²) < 4.78 is 0. The van der Waals surface area contributed by atoms with E-state index >= 15 is 0 Å². The first kappa shape index (κ1) is 19.7. The van der Waals surface area contributed by atoms with Crippen LogP contribution in [0.5, 0.6) is 0 Å². The van der Waals surface area contributed by atoms with E-state index in [4.69, 9.17) is 10.7 Å². The molecule has 1 aromatic rings. The molecule has 1 fully saturated rings. The van der Waals surface area contributed by atoms with E-state index in [0.717, 1.165) is 42.6 Å². The van der Waals surface area contributed by atoms with Gasteiger partial charge in [0.25, 0.3) is 0 Å². The third kappa shape index (κ3) is 6.28. The molecular formula is C17H30N6OS. The highest BCUT2D eigenvalue weighted by molar-refractivity contribution is 7.09. The molecule has 0 saturated carbocycles. The topological polar surface area (TPSA) is 95.6 Å². The van der Waals surface area contributed by atoms with E-state index < -0.39 is 0 Å². The molecule has 8 heteroatoms. The Morgan fingerprint density at radius 2 is 2.12 bits per heavy atom. The Hall–Kier alpha value is -1.67. The number of primary amides is 1. The lowest BCUT2D eigenvalue weighted by atomic mass is 9.93. The highest BCUT2D eigenvalue weighted by Gasteiger charge is 2.21. The van der Waals surface area contributed by atoms with Gasteiger partial charge in [0.1, 0.15) is 5.01 Å². The van der Waals surface area contributed by atoms with Crippen LogP contribution in [0, 0.1) is 0 Å². The summed E-state index contributed by atoms with van der Waals surface area (Å²) in [7, 11) is 1.78. The van der Waals surface area contributed by atoms with Crippen molar-refractivity contribution < 1.29 is 4.79 Å². The number of nitrogens with two attached hydrogens (primary N) is 1. The fourth-order valence-corrected chi connectivity index (χ4v) is 3.70. The molecule has 0 unspecified atom stereocenters. The van der Waals surface area contributed by atoms with Crippen molar-refractivity contribution in [1.82, 2.24) is 20.5 Å². The van der Waals surface area contributed by atoms with Gasteiger partial charge in [-0.25, -0.2) is 4.98 Å². The van der Waals surface area contributed by atoms with Crippen LogP contribution < -0.4 is 16.4 Å². The Labute approximate surface area is 154 Å². The van der Waals surface area contributed by atoms with Crippen molar-refractivity contribution in [2.45, 2.75) is 51.6 Å². The molecule has 0 aliphatic carbocycles. The number of hydrogen-bond acceptors (Lipinski definition) is 5. The molecule has 0 bridgehead atoms. The van der Waals surface area contributed by atoms with Crippen LogP contribution in [-0.2, 0) is 16.8 Å². The van der Waals surface area contributed by atoms with Crippen LogP contribution in [0.25, 0.3) is 0 Å². The number of likely N-dealkylation sites (tertiary alicyclic amines) is 1. The molecule has 0 spiro atoms. The molecule has 1 aromatic heterocycles. The van der Waals surface area contributed by atoms with Crippen LogP contribution in [0.1, 0.15) is 44.3 Å². The highest BCUT2D eigenvalue weighted by atomic mass is 32.1. The molecule has 140 valence electrons. The van der Waals surface area contributed by atoms with E-state index in [1.54, 1.807) is 18.4 Å². The van der Waals surface area contributed by atoms with E-state index in [-0.39, 0.29) is 11.3 Å². The summed E-state index contributed by atoms with van der Waals surface area (Å²) in [6, 6.07) is 0.358. The van der Waals surface area contributed by atoms with Crippen molar-refractivity contribution in [3.8, 4) is 0 Å². The lowest BCUT2D eigenvalue weighted by Gasteiger charge is -2.32. The molecule has 25 heavy (non-hydrogen) atoms. The second kappa shape index (κ2) is 8.62. The Bertz CT molecular complexity index is 599. The van der Waals surface area contributed by atoms with Gasteiger partial charge in [-0.15, -0.1) is 11.3 Å². The van der Waals surface area contributed by atoms with Crippen molar-refractivity contribution in [1.29, 1.82) is 0 Å². The predicted molar refractivity (Wildman–Crippen MR) is 103 cm³/mol.